The molecule has 27 heavy (non-hydrogen) atoms. The van der Waals surface area contributed by atoms with Gasteiger partial charge in [0.25, 0.3) is 5.91 Å². The zero-order valence-electron chi connectivity index (χ0n) is 16.2. The van der Waals surface area contributed by atoms with Gasteiger partial charge in [-0.25, -0.2) is 4.39 Å². The Hall–Kier alpha value is -2.73. The van der Waals surface area contributed by atoms with Crippen LogP contribution in [0.2, 0.25) is 0 Å². The van der Waals surface area contributed by atoms with Crippen LogP contribution in [-0.2, 0) is 16.1 Å². The SMILES string of the molecule is Cc1cccc(C)c1NC(=O)CNC(=O)[C@H](C)[NH+](C)Cc1ccc(F)cc1. The number of carbonyl (C=O) groups is 2. The number of para-hydroxylation sites is 1. The van der Waals surface area contributed by atoms with Crippen LogP contribution in [0.4, 0.5) is 10.1 Å². The highest BCUT2D eigenvalue weighted by molar-refractivity contribution is 5.96. The molecule has 2 aromatic rings. The predicted octanol–water partition coefficient (Wildman–Crippen LogP) is 1.60. The third-order valence-corrected chi connectivity index (χ3v) is 4.70. The molecule has 3 N–H and O–H groups in total. The van der Waals surface area contributed by atoms with E-state index in [2.05, 4.69) is 10.6 Å². The van der Waals surface area contributed by atoms with Crippen LogP contribution in [0.15, 0.2) is 42.5 Å². The van der Waals surface area contributed by atoms with Crippen molar-refractivity contribution >= 4 is 17.5 Å². The van der Waals surface area contributed by atoms with Crippen LogP contribution < -0.4 is 15.5 Å². The molecule has 0 aromatic heterocycles. The first-order valence-corrected chi connectivity index (χ1v) is 8.98. The largest absolute Gasteiger partial charge is 0.342 e. The number of amides is 2. The number of halogens is 1. The Balaban J connectivity index is 1.84. The summed E-state index contributed by atoms with van der Waals surface area (Å²) in [5.74, 6) is -0.743. The summed E-state index contributed by atoms with van der Waals surface area (Å²) >= 11 is 0. The van der Waals surface area contributed by atoms with Crippen LogP contribution in [-0.4, -0.2) is 31.4 Å². The Kier molecular flexibility index (Phi) is 7.07. The average molecular weight is 372 g/mol. The molecule has 2 amide bonds. The molecule has 5 nitrogen and oxygen atoms in total. The number of aryl methyl sites for hydroxylation is 2. The lowest BCUT2D eigenvalue weighted by Crippen LogP contribution is -3.12. The number of hydrogen-bond acceptors (Lipinski definition) is 2. The van der Waals surface area contributed by atoms with Crippen molar-refractivity contribution in [1.29, 1.82) is 0 Å². The van der Waals surface area contributed by atoms with Gasteiger partial charge in [0.1, 0.15) is 12.4 Å². The fourth-order valence-electron chi connectivity index (χ4n) is 2.82. The van der Waals surface area contributed by atoms with Gasteiger partial charge in [-0.1, -0.05) is 30.3 Å². The summed E-state index contributed by atoms with van der Waals surface area (Å²) in [6, 6.07) is 11.7. The minimum absolute atomic E-state index is 0.0826. The quantitative estimate of drug-likeness (QED) is 0.691. The molecule has 0 aliphatic rings. The van der Waals surface area contributed by atoms with Crippen molar-refractivity contribution in [2.24, 2.45) is 0 Å². The normalized spacial score (nSPS) is 12.9. The molecule has 1 unspecified atom stereocenters. The van der Waals surface area contributed by atoms with Crippen LogP contribution in [0.5, 0.6) is 0 Å². The van der Waals surface area contributed by atoms with Gasteiger partial charge in [-0.2, -0.15) is 0 Å². The molecule has 0 bridgehead atoms. The molecule has 0 fully saturated rings. The van der Waals surface area contributed by atoms with Gasteiger partial charge in [0.2, 0.25) is 5.91 Å². The van der Waals surface area contributed by atoms with E-state index in [9.17, 15) is 14.0 Å². The molecule has 0 aliphatic heterocycles. The van der Waals surface area contributed by atoms with Gasteiger partial charge in [0.15, 0.2) is 6.04 Å². The molecule has 0 radical (unpaired) electrons. The number of likely N-dealkylation sites (N-methyl/N-ethyl adjacent to an activating group) is 1. The first kappa shape index (κ1) is 20.6. The van der Waals surface area contributed by atoms with Gasteiger partial charge in [0, 0.05) is 11.3 Å². The molecule has 144 valence electrons. The van der Waals surface area contributed by atoms with Crippen molar-refractivity contribution < 1.29 is 18.9 Å². The number of nitrogens with one attached hydrogen (secondary N) is 3. The maximum atomic E-state index is 13.0. The van der Waals surface area contributed by atoms with Crippen LogP contribution in [0.3, 0.4) is 0 Å². The Bertz CT molecular complexity index is 785. The molecule has 0 heterocycles. The highest BCUT2D eigenvalue weighted by Crippen LogP contribution is 2.18. The molecular weight excluding hydrogens is 345 g/mol. The topological polar surface area (TPSA) is 62.6 Å². The van der Waals surface area contributed by atoms with E-state index in [-0.39, 0.29) is 30.2 Å². The molecule has 2 aromatic carbocycles. The molecule has 2 atom stereocenters. The van der Waals surface area contributed by atoms with Gasteiger partial charge in [-0.3, -0.25) is 9.59 Å². The molecule has 0 spiro atoms. The molecule has 0 aliphatic carbocycles. The van der Waals surface area contributed by atoms with Crippen molar-refractivity contribution in [2.45, 2.75) is 33.4 Å². The number of rotatable bonds is 7. The summed E-state index contributed by atoms with van der Waals surface area (Å²) in [6.45, 7) is 6.16. The summed E-state index contributed by atoms with van der Waals surface area (Å²) < 4.78 is 13.0. The number of quaternary nitrogens is 1. The van der Waals surface area contributed by atoms with E-state index in [1.807, 2.05) is 39.1 Å². The van der Waals surface area contributed by atoms with Gasteiger partial charge >= 0.3 is 0 Å². The predicted molar refractivity (Wildman–Crippen MR) is 104 cm³/mol. The van der Waals surface area contributed by atoms with Crippen molar-refractivity contribution in [1.82, 2.24) is 5.32 Å². The maximum Gasteiger partial charge on any atom is 0.278 e. The van der Waals surface area contributed by atoms with E-state index in [4.69, 9.17) is 0 Å². The van der Waals surface area contributed by atoms with Crippen molar-refractivity contribution in [2.75, 3.05) is 18.9 Å². The number of anilines is 1. The van der Waals surface area contributed by atoms with Crippen LogP contribution in [0.1, 0.15) is 23.6 Å². The van der Waals surface area contributed by atoms with Crippen LogP contribution in [0, 0.1) is 19.7 Å². The Morgan fingerprint density at radius 2 is 1.67 bits per heavy atom. The number of carbonyl (C=O) groups excluding carboxylic acids is 2. The summed E-state index contributed by atoms with van der Waals surface area (Å²) in [5, 5.41) is 5.54. The van der Waals surface area contributed by atoms with Crippen molar-refractivity contribution in [3.05, 3.63) is 65.0 Å². The number of benzene rings is 2. The van der Waals surface area contributed by atoms with E-state index >= 15 is 0 Å². The second-order valence-corrected chi connectivity index (χ2v) is 6.90. The van der Waals surface area contributed by atoms with E-state index in [1.165, 1.54) is 12.1 Å². The van der Waals surface area contributed by atoms with E-state index in [0.717, 1.165) is 27.3 Å². The molecule has 0 saturated carbocycles. The van der Waals surface area contributed by atoms with Gasteiger partial charge < -0.3 is 15.5 Å². The summed E-state index contributed by atoms with van der Waals surface area (Å²) in [7, 11) is 1.89. The second-order valence-electron chi connectivity index (χ2n) is 6.90. The van der Waals surface area contributed by atoms with Crippen LogP contribution in [0.25, 0.3) is 0 Å². The second kappa shape index (κ2) is 9.28. The lowest BCUT2D eigenvalue weighted by atomic mass is 10.1. The third kappa shape index (κ3) is 5.89. The lowest BCUT2D eigenvalue weighted by Gasteiger charge is -2.21. The Morgan fingerprint density at radius 3 is 2.26 bits per heavy atom. The fourth-order valence-corrected chi connectivity index (χ4v) is 2.82. The van der Waals surface area contributed by atoms with Gasteiger partial charge in [0.05, 0.1) is 13.6 Å². The first-order valence-electron chi connectivity index (χ1n) is 8.98. The highest BCUT2D eigenvalue weighted by Gasteiger charge is 2.22. The molecule has 6 heteroatoms. The summed E-state index contributed by atoms with van der Waals surface area (Å²) in [4.78, 5) is 25.5. The molecular formula is C21H27FN3O2+. The summed E-state index contributed by atoms with van der Waals surface area (Å²) in [5.41, 5.74) is 3.68. The monoisotopic (exact) mass is 372 g/mol. The zero-order valence-corrected chi connectivity index (χ0v) is 16.2. The van der Waals surface area contributed by atoms with E-state index < -0.39 is 0 Å². The number of hydrogen-bond donors (Lipinski definition) is 3. The Morgan fingerprint density at radius 1 is 1.07 bits per heavy atom. The average Bonchev–Trinajstić information content (AvgIpc) is 2.64. The van der Waals surface area contributed by atoms with E-state index in [1.54, 1.807) is 19.1 Å². The fraction of sp³-hybridized carbons (Fsp3) is 0.333. The van der Waals surface area contributed by atoms with E-state index in [0.29, 0.717) is 6.54 Å². The zero-order chi connectivity index (χ0) is 20.0. The van der Waals surface area contributed by atoms with Crippen LogP contribution >= 0.6 is 0 Å². The van der Waals surface area contributed by atoms with Gasteiger partial charge in [-0.05, 0) is 44.0 Å². The standard InChI is InChI=1S/C21H26FN3O2/c1-14-6-5-7-15(2)20(14)24-19(26)12-23-21(27)16(3)25(4)13-17-8-10-18(22)11-9-17/h5-11,16H,12-13H2,1-4H3,(H,23,27)(H,24,26)/p+1/t16-/m0/s1. The minimum Gasteiger partial charge on any atom is -0.342 e. The minimum atomic E-state index is -0.344. The van der Waals surface area contributed by atoms with Crippen molar-refractivity contribution in [3.63, 3.8) is 0 Å². The lowest BCUT2D eigenvalue weighted by molar-refractivity contribution is -0.908. The smallest absolute Gasteiger partial charge is 0.278 e. The highest BCUT2D eigenvalue weighted by atomic mass is 19.1. The molecule has 0 saturated heterocycles. The van der Waals surface area contributed by atoms with Crippen molar-refractivity contribution in [3.8, 4) is 0 Å². The third-order valence-electron chi connectivity index (χ3n) is 4.70. The van der Waals surface area contributed by atoms with Gasteiger partial charge in [-0.15, -0.1) is 0 Å². The Labute approximate surface area is 159 Å². The first-order chi connectivity index (χ1) is 12.8. The summed E-state index contributed by atoms with van der Waals surface area (Å²) in [6.07, 6.45) is 0. The maximum absolute atomic E-state index is 13.0. The molecule has 2 rings (SSSR count).